The lowest BCUT2D eigenvalue weighted by molar-refractivity contribution is -0.0980. The van der Waals surface area contributed by atoms with Gasteiger partial charge in [-0.05, 0) is 80.0 Å². The van der Waals surface area contributed by atoms with E-state index >= 15 is 0 Å². The average molecular weight is 591 g/mol. The van der Waals surface area contributed by atoms with E-state index in [4.69, 9.17) is 9.53 Å². The Hall–Kier alpha value is -2.70. The van der Waals surface area contributed by atoms with Crippen LogP contribution in [0.5, 0.6) is 5.75 Å². The first-order valence-corrected chi connectivity index (χ1v) is 17.0. The lowest BCUT2D eigenvalue weighted by atomic mass is 9.86. The van der Waals surface area contributed by atoms with Crippen LogP contribution in [0.25, 0.3) is 27.9 Å². The van der Waals surface area contributed by atoms with Crippen molar-refractivity contribution >= 4 is 35.2 Å². The number of hydrogen-bond acceptors (Lipinski definition) is 5. The number of thioether (sulfide) groups is 1. The van der Waals surface area contributed by atoms with E-state index < -0.39 is 0 Å². The summed E-state index contributed by atoms with van der Waals surface area (Å²) in [6, 6.07) is 15.2. The average Bonchev–Trinajstić information content (AvgIpc) is 3.71. The van der Waals surface area contributed by atoms with Crippen LogP contribution >= 0.6 is 11.8 Å². The van der Waals surface area contributed by atoms with Crippen molar-refractivity contribution in [1.29, 1.82) is 0 Å². The molecule has 2 heterocycles. The molecule has 0 radical (unpaired) electrons. The Morgan fingerprint density at radius 3 is 2.33 bits per heavy atom. The number of benzene rings is 2. The highest BCUT2D eigenvalue weighted by molar-refractivity contribution is 7.99. The first-order valence-electron chi connectivity index (χ1n) is 15.8. The largest absolute Gasteiger partial charge is 0.508 e. The molecule has 228 valence electrons. The summed E-state index contributed by atoms with van der Waals surface area (Å²) in [6.45, 7) is 17.9. The minimum absolute atomic E-state index is 0.124. The zero-order valence-corrected chi connectivity index (χ0v) is 26.8. The Morgan fingerprint density at radius 1 is 1.02 bits per heavy atom. The van der Waals surface area contributed by atoms with Crippen LogP contribution in [0.15, 0.2) is 49.0 Å². The van der Waals surface area contributed by atoms with Crippen LogP contribution in [0.4, 0.5) is 0 Å². The fraction of sp³-hybridized carbons (Fsp3) is 0.528. The quantitative estimate of drug-likeness (QED) is 0.190. The SMILES string of the molecule is C=C(O)c1ccc2c(C(CCC)CCCC)c(-c3ccc(OCC4(CN5CCSCC5)CC4)cc3)n(CC)c2c1.C=O. The highest BCUT2D eigenvalue weighted by atomic mass is 32.2. The number of carbonyl (C=O) groups excluding carboxylic acids is 1. The van der Waals surface area contributed by atoms with Crippen LogP contribution in [-0.4, -0.2) is 59.1 Å². The van der Waals surface area contributed by atoms with E-state index in [0.717, 1.165) is 24.5 Å². The second-order valence-corrected chi connectivity index (χ2v) is 13.2. The van der Waals surface area contributed by atoms with Crippen molar-refractivity contribution < 1.29 is 14.6 Å². The summed E-state index contributed by atoms with van der Waals surface area (Å²) in [5.74, 6) is 4.14. The van der Waals surface area contributed by atoms with Crippen LogP contribution in [0.1, 0.15) is 82.8 Å². The van der Waals surface area contributed by atoms with E-state index in [0.29, 0.717) is 11.3 Å². The van der Waals surface area contributed by atoms with Gasteiger partial charge in [-0.1, -0.05) is 51.8 Å². The second-order valence-electron chi connectivity index (χ2n) is 12.0. The van der Waals surface area contributed by atoms with Crippen LogP contribution in [-0.2, 0) is 11.3 Å². The number of aliphatic hydroxyl groups is 1. The third-order valence-electron chi connectivity index (χ3n) is 9.00. The number of rotatable bonds is 14. The molecule has 1 N–H and O–H groups in total. The molecule has 1 unspecified atom stereocenters. The van der Waals surface area contributed by atoms with Crippen molar-refractivity contribution in [3.63, 3.8) is 0 Å². The molecule has 0 spiro atoms. The van der Waals surface area contributed by atoms with E-state index in [1.54, 1.807) is 0 Å². The first-order chi connectivity index (χ1) is 20.5. The van der Waals surface area contributed by atoms with Gasteiger partial charge in [0.2, 0.25) is 0 Å². The van der Waals surface area contributed by atoms with Gasteiger partial charge in [0.05, 0.1) is 12.3 Å². The molecule has 6 heteroatoms. The van der Waals surface area contributed by atoms with Crippen molar-refractivity contribution in [3.8, 4) is 17.0 Å². The van der Waals surface area contributed by atoms with Crippen LogP contribution in [0.2, 0.25) is 0 Å². The van der Waals surface area contributed by atoms with Gasteiger partial charge in [0, 0.05) is 59.6 Å². The summed E-state index contributed by atoms with van der Waals surface area (Å²) >= 11 is 2.08. The number of fused-ring (bicyclic) bond motifs is 1. The molecule has 1 aromatic heterocycles. The van der Waals surface area contributed by atoms with Crippen LogP contribution in [0.3, 0.4) is 0 Å². The maximum Gasteiger partial charge on any atom is 0.119 e. The Balaban J connectivity index is 0.00000198. The van der Waals surface area contributed by atoms with E-state index in [9.17, 15) is 5.11 Å². The molecular weight excluding hydrogens is 540 g/mol. The minimum atomic E-state index is 0.124. The van der Waals surface area contributed by atoms with Crippen molar-refractivity contribution in [2.75, 3.05) is 37.7 Å². The van der Waals surface area contributed by atoms with E-state index in [2.05, 4.69) is 85.0 Å². The minimum Gasteiger partial charge on any atom is -0.508 e. The molecule has 1 saturated carbocycles. The van der Waals surface area contributed by atoms with Gasteiger partial charge in [-0.2, -0.15) is 11.8 Å². The molecule has 1 atom stereocenters. The van der Waals surface area contributed by atoms with E-state index in [-0.39, 0.29) is 5.76 Å². The molecule has 5 rings (SSSR count). The second kappa shape index (κ2) is 15.2. The number of aliphatic hydroxyl groups excluding tert-OH is 1. The highest BCUT2D eigenvalue weighted by Gasteiger charge is 2.45. The van der Waals surface area contributed by atoms with Gasteiger partial charge in [0.1, 0.15) is 18.3 Å². The zero-order chi connectivity index (χ0) is 30.1. The number of aryl methyl sites for hydroxylation is 1. The van der Waals surface area contributed by atoms with Crippen molar-refractivity contribution in [1.82, 2.24) is 9.47 Å². The summed E-state index contributed by atoms with van der Waals surface area (Å²) in [4.78, 5) is 10.6. The fourth-order valence-corrected chi connectivity index (χ4v) is 7.52. The van der Waals surface area contributed by atoms with Crippen LogP contribution in [0, 0.1) is 5.41 Å². The molecule has 1 aliphatic heterocycles. The first kappa shape index (κ1) is 32.2. The van der Waals surface area contributed by atoms with Gasteiger partial charge in [0.25, 0.3) is 0 Å². The Kier molecular flexibility index (Phi) is 11.6. The van der Waals surface area contributed by atoms with Crippen molar-refractivity contribution in [2.45, 2.75) is 78.2 Å². The number of ether oxygens (including phenoxy) is 1. The van der Waals surface area contributed by atoms with Crippen molar-refractivity contribution in [2.24, 2.45) is 5.41 Å². The van der Waals surface area contributed by atoms with Crippen LogP contribution < -0.4 is 4.74 Å². The summed E-state index contributed by atoms with van der Waals surface area (Å²) in [7, 11) is 0. The molecule has 3 aromatic rings. The molecule has 0 amide bonds. The van der Waals surface area contributed by atoms with E-state index in [1.807, 2.05) is 12.9 Å². The topological polar surface area (TPSA) is 54.7 Å². The summed E-state index contributed by atoms with van der Waals surface area (Å²) in [6.07, 6.45) is 8.57. The van der Waals surface area contributed by atoms with Gasteiger partial charge in [0.15, 0.2) is 0 Å². The maximum atomic E-state index is 10.2. The third kappa shape index (κ3) is 7.44. The number of hydrogen-bond donors (Lipinski definition) is 1. The molecule has 5 nitrogen and oxygen atoms in total. The number of aromatic nitrogens is 1. The van der Waals surface area contributed by atoms with Gasteiger partial charge in [-0.15, -0.1) is 0 Å². The molecule has 1 aliphatic carbocycles. The van der Waals surface area contributed by atoms with Gasteiger partial charge < -0.3 is 24.1 Å². The highest BCUT2D eigenvalue weighted by Crippen LogP contribution is 2.47. The normalized spacial score (nSPS) is 16.9. The Labute approximate surface area is 257 Å². The van der Waals surface area contributed by atoms with Crippen molar-refractivity contribution in [3.05, 3.63) is 60.2 Å². The number of nitrogens with zero attached hydrogens (tertiary/aromatic N) is 2. The summed E-state index contributed by atoms with van der Waals surface area (Å²) in [5.41, 5.74) is 6.36. The predicted molar refractivity (Wildman–Crippen MR) is 180 cm³/mol. The monoisotopic (exact) mass is 590 g/mol. The molecular formula is C36H50N2O3S. The Morgan fingerprint density at radius 2 is 1.74 bits per heavy atom. The van der Waals surface area contributed by atoms with Gasteiger partial charge in [-0.3, -0.25) is 0 Å². The zero-order valence-electron chi connectivity index (χ0n) is 26.0. The standard InChI is InChI=1S/C35H48N2O2S.CH2O/c1-5-8-10-27(9-6-2)33-31-16-13-29(26(4)38)23-32(31)37(7-3)34(33)28-11-14-30(15-12-28)39-25-35(17-18-35)24-36-19-21-40-22-20-36;1-2/h11-16,23,27,38H,4-10,17-22,24-25H2,1-3H3;1H2. The molecule has 0 bridgehead atoms. The molecule has 2 aromatic carbocycles. The summed E-state index contributed by atoms with van der Waals surface area (Å²) in [5, 5.41) is 11.5. The molecule has 1 saturated heterocycles. The maximum absolute atomic E-state index is 10.2. The smallest absolute Gasteiger partial charge is 0.119 e. The predicted octanol–water partition coefficient (Wildman–Crippen LogP) is 8.95. The number of unbranched alkanes of at least 4 members (excludes halogenated alkanes) is 1. The number of carbonyl (C=O) groups is 1. The third-order valence-corrected chi connectivity index (χ3v) is 9.94. The lowest BCUT2D eigenvalue weighted by Crippen LogP contribution is -2.38. The fourth-order valence-electron chi connectivity index (χ4n) is 6.54. The van der Waals surface area contributed by atoms with Gasteiger partial charge in [-0.25, -0.2) is 0 Å². The molecule has 2 fully saturated rings. The van der Waals surface area contributed by atoms with Gasteiger partial charge >= 0.3 is 0 Å². The molecule has 2 aliphatic rings. The summed E-state index contributed by atoms with van der Waals surface area (Å²) < 4.78 is 8.86. The Bertz CT molecular complexity index is 1310. The molecule has 42 heavy (non-hydrogen) atoms. The van der Waals surface area contributed by atoms with E-state index in [1.165, 1.54) is 104 Å². The lowest BCUT2D eigenvalue weighted by Gasteiger charge is -2.30.